The van der Waals surface area contributed by atoms with Gasteiger partial charge in [0.2, 0.25) is 0 Å². The van der Waals surface area contributed by atoms with Gasteiger partial charge in [0.1, 0.15) is 0 Å². The zero-order chi connectivity index (χ0) is 14.4. The van der Waals surface area contributed by atoms with Crippen molar-refractivity contribution in [2.45, 2.75) is 27.7 Å². The Labute approximate surface area is 108 Å². The summed E-state index contributed by atoms with van der Waals surface area (Å²) in [6.07, 6.45) is 8.17. The van der Waals surface area contributed by atoms with Gasteiger partial charge in [-0.3, -0.25) is 0 Å². The quantitative estimate of drug-likeness (QED) is 0.836. The minimum Gasteiger partial charge on any atom is -0.244 e. The van der Waals surface area contributed by atoms with Gasteiger partial charge in [0, 0.05) is 0 Å². The smallest absolute Gasteiger partial charge is 0.244 e. The third-order valence-corrected chi connectivity index (χ3v) is 1.41. The van der Waals surface area contributed by atoms with Gasteiger partial charge in [-0.1, -0.05) is 59.1 Å². The molecule has 0 fully saturated rings. The molecule has 1 rings (SSSR count). The van der Waals surface area contributed by atoms with E-state index in [2.05, 4.69) is 28.7 Å². The summed E-state index contributed by atoms with van der Waals surface area (Å²) < 4.78 is 1.13. The predicted molar refractivity (Wildman–Crippen MR) is 77.1 cm³/mol. The lowest BCUT2D eigenvalue weighted by Gasteiger charge is -1.95. The van der Waals surface area contributed by atoms with Gasteiger partial charge in [-0.05, 0) is 22.6 Å². The van der Waals surface area contributed by atoms with Crippen LogP contribution in [-0.4, -0.2) is 20.2 Å². The Hall–Kier alpha value is -2.17. The predicted octanol–water partition coefficient (Wildman–Crippen LogP) is 2.79. The molecule has 0 unspecified atom stereocenters. The molecule has 0 aliphatic heterocycles. The van der Waals surface area contributed by atoms with Crippen LogP contribution < -0.4 is 5.69 Å². The first-order chi connectivity index (χ1) is 8.79. The summed E-state index contributed by atoms with van der Waals surface area (Å²) in [7, 11) is 0. The van der Waals surface area contributed by atoms with Crippen LogP contribution in [0.1, 0.15) is 27.7 Å². The van der Waals surface area contributed by atoms with Gasteiger partial charge in [-0.15, -0.1) is 0 Å². The number of allylic oxidation sites excluding steroid dienone is 6. The number of rotatable bonds is 4. The van der Waals surface area contributed by atoms with Crippen LogP contribution >= 0.6 is 0 Å². The summed E-state index contributed by atoms with van der Waals surface area (Å²) in [4.78, 5) is 11.1. The van der Waals surface area contributed by atoms with E-state index in [0.29, 0.717) is 5.70 Å². The van der Waals surface area contributed by atoms with Gasteiger partial charge >= 0.3 is 5.69 Å². The van der Waals surface area contributed by atoms with Crippen molar-refractivity contribution < 1.29 is 0 Å². The average molecular weight is 250 g/mol. The monoisotopic (exact) mass is 250 g/mol. The molecule has 0 aliphatic carbocycles. The molecule has 1 aromatic heterocycles. The normalized spacial score (nSPS) is 9.89. The van der Waals surface area contributed by atoms with Crippen molar-refractivity contribution >= 4 is 5.70 Å². The van der Waals surface area contributed by atoms with Crippen molar-refractivity contribution in [1.29, 1.82) is 0 Å². The zero-order valence-corrected chi connectivity index (χ0v) is 11.6. The van der Waals surface area contributed by atoms with Crippen molar-refractivity contribution in [3.8, 4) is 0 Å². The summed E-state index contributed by atoms with van der Waals surface area (Å²) >= 11 is 0. The molecule has 100 valence electrons. The molecule has 0 aromatic carbocycles. The summed E-state index contributed by atoms with van der Waals surface area (Å²) in [6.45, 7) is 15.1. The third kappa shape index (κ3) is 6.42. The Bertz CT molecular complexity index is 438. The highest BCUT2D eigenvalue weighted by atomic mass is 16.2. The van der Waals surface area contributed by atoms with Gasteiger partial charge in [-0.2, -0.15) is 4.68 Å². The standard InChI is InChI=1S/C9H10N4O.2C2H6/c1-3-5-7-8(6-4-2)13-9(14)10-11-12-13;2*1-2/h3-7H,1-2H2,(H,10,12,14);2*1-2H3/b7-5-,8-6+;;. The first-order valence-electron chi connectivity index (χ1n) is 5.92. The second-order valence-corrected chi connectivity index (χ2v) is 2.34. The molecular weight excluding hydrogens is 228 g/mol. The number of aromatic nitrogens is 4. The average Bonchev–Trinajstić information content (AvgIpc) is 2.85. The van der Waals surface area contributed by atoms with Crippen molar-refractivity contribution in [3.05, 3.63) is 54.0 Å². The molecule has 0 spiro atoms. The Kier molecular flexibility index (Phi) is 13.0. The van der Waals surface area contributed by atoms with Crippen molar-refractivity contribution in [2.24, 2.45) is 0 Å². The van der Waals surface area contributed by atoms with Gasteiger partial charge in [0.25, 0.3) is 0 Å². The van der Waals surface area contributed by atoms with Crippen LogP contribution in [0.15, 0.2) is 48.3 Å². The lowest BCUT2D eigenvalue weighted by atomic mass is 10.3. The van der Waals surface area contributed by atoms with E-state index in [1.165, 1.54) is 0 Å². The molecule has 5 nitrogen and oxygen atoms in total. The lowest BCUT2D eigenvalue weighted by molar-refractivity contribution is 0.798. The minimum absolute atomic E-state index is 0.396. The van der Waals surface area contributed by atoms with Crippen LogP contribution in [0.2, 0.25) is 0 Å². The number of hydrogen-bond donors (Lipinski definition) is 1. The van der Waals surface area contributed by atoms with Crippen molar-refractivity contribution in [2.75, 3.05) is 0 Å². The highest BCUT2D eigenvalue weighted by Crippen LogP contribution is 2.00. The summed E-state index contributed by atoms with van der Waals surface area (Å²) in [5.41, 5.74) is 0.172. The molecule has 1 N–H and O–H groups in total. The van der Waals surface area contributed by atoms with E-state index < -0.39 is 5.69 Å². The minimum atomic E-state index is -0.396. The maximum atomic E-state index is 11.1. The lowest BCUT2D eigenvalue weighted by Crippen LogP contribution is -2.16. The molecule has 0 amide bonds. The van der Waals surface area contributed by atoms with Gasteiger partial charge in [0.05, 0.1) is 5.70 Å². The Morgan fingerprint density at radius 1 is 1.22 bits per heavy atom. The van der Waals surface area contributed by atoms with E-state index in [1.54, 1.807) is 30.4 Å². The van der Waals surface area contributed by atoms with E-state index in [9.17, 15) is 4.79 Å². The first-order valence-corrected chi connectivity index (χ1v) is 5.92. The molecule has 0 radical (unpaired) electrons. The Morgan fingerprint density at radius 3 is 2.22 bits per heavy atom. The fourth-order valence-corrected chi connectivity index (χ4v) is 0.851. The third-order valence-electron chi connectivity index (χ3n) is 1.41. The van der Waals surface area contributed by atoms with Crippen LogP contribution in [0.3, 0.4) is 0 Å². The molecule has 0 saturated carbocycles. The summed E-state index contributed by atoms with van der Waals surface area (Å²) in [5.74, 6) is 0. The number of nitrogens with one attached hydrogen (secondary N) is 1. The molecule has 0 aliphatic rings. The highest BCUT2D eigenvalue weighted by molar-refractivity contribution is 5.57. The SMILES string of the molecule is C=C/C=C\C(=C/C=C)n1nn[nH]c1=O.CC.CC. The Morgan fingerprint density at radius 2 is 1.83 bits per heavy atom. The van der Waals surface area contributed by atoms with Crippen LogP contribution in [0.25, 0.3) is 5.70 Å². The Balaban J connectivity index is 0. The van der Waals surface area contributed by atoms with Gasteiger partial charge < -0.3 is 0 Å². The molecule has 1 heterocycles. The maximum absolute atomic E-state index is 11.1. The van der Waals surface area contributed by atoms with E-state index in [-0.39, 0.29) is 0 Å². The van der Waals surface area contributed by atoms with Crippen molar-refractivity contribution in [3.63, 3.8) is 0 Å². The van der Waals surface area contributed by atoms with Crippen LogP contribution in [0, 0.1) is 0 Å². The highest BCUT2D eigenvalue weighted by Gasteiger charge is 2.00. The van der Waals surface area contributed by atoms with Crippen molar-refractivity contribution in [1.82, 2.24) is 20.2 Å². The molecule has 0 saturated heterocycles. The maximum Gasteiger partial charge on any atom is 0.365 e. The molecule has 0 atom stereocenters. The summed E-state index contributed by atoms with van der Waals surface area (Å²) in [5, 5.41) is 9.15. The fourth-order valence-electron chi connectivity index (χ4n) is 0.851. The number of hydrogen-bond acceptors (Lipinski definition) is 3. The van der Waals surface area contributed by atoms with E-state index in [1.807, 2.05) is 27.7 Å². The van der Waals surface area contributed by atoms with Crippen LogP contribution in [0.4, 0.5) is 0 Å². The second kappa shape index (κ2) is 12.9. The second-order valence-electron chi connectivity index (χ2n) is 2.34. The molecule has 1 aromatic rings. The van der Waals surface area contributed by atoms with E-state index >= 15 is 0 Å². The van der Waals surface area contributed by atoms with E-state index in [4.69, 9.17) is 0 Å². The number of nitrogens with zero attached hydrogens (tertiary/aromatic N) is 3. The molecule has 18 heavy (non-hydrogen) atoms. The van der Waals surface area contributed by atoms with E-state index in [0.717, 1.165) is 4.68 Å². The number of H-pyrrole nitrogens is 1. The van der Waals surface area contributed by atoms with Gasteiger partial charge in [0.15, 0.2) is 0 Å². The molecule has 0 bridgehead atoms. The first kappa shape index (κ1) is 18.2. The zero-order valence-electron chi connectivity index (χ0n) is 11.6. The summed E-state index contributed by atoms with van der Waals surface area (Å²) in [6, 6.07) is 0. The van der Waals surface area contributed by atoms with Crippen LogP contribution in [0.5, 0.6) is 0 Å². The number of aromatic amines is 1. The largest absolute Gasteiger partial charge is 0.365 e. The number of tetrazole rings is 1. The fraction of sp³-hybridized carbons (Fsp3) is 0.308. The van der Waals surface area contributed by atoms with Crippen LogP contribution in [-0.2, 0) is 0 Å². The van der Waals surface area contributed by atoms with Gasteiger partial charge in [-0.25, -0.2) is 9.89 Å². The topological polar surface area (TPSA) is 63.6 Å². The molecular formula is C13H22N4O. The molecule has 5 heteroatoms.